The molecule has 96 valence electrons. The van der Waals surface area contributed by atoms with E-state index in [2.05, 4.69) is 57.2 Å². The summed E-state index contributed by atoms with van der Waals surface area (Å²) in [7, 11) is 2.09. The van der Waals surface area contributed by atoms with Crippen LogP contribution >= 0.6 is 43.2 Å². The van der Waals surface area contributed by atoms with E-state index in [1.807, 2.05) is 11.3 Å². The fourth-order valence-electron chi connectivity index (χ4n) is 2.75. The van der Waals surface area contributed by atoms with Gasteiger partial charge in [-0.05, 0) is 69.7 Å². The predicted octanol–water partition coefficient (Wildman–Crippen LogP) is 5.36. The third-order valence-corrected chi connectivity index (χ3v) is 7.15. The zero-order valence-electron chi connectivity index (χ0n) is 10.3. The van der Waals surface area contributed by atoms with Gasteiger partial charge in [-0.1, -0.05) is 19.8 Å². The van der Waals surface area contributed by atoms with Crippen LogP contribution in [0.2, 0.25) is 0 Å². The molecule has 1 nitrogen and oxygen atoms in total. The van der Waals surface area contributed by atoms with Crippen molar-refractivity contribution >= 4 is 43.2 Å². The van der Waals surface area contributed by atoms with Gasteiger partial charge in [-0.3, -0.25) is 0 Å². The summed E-state index contributed by atoms with van der Waals surface area (Å²) >= 11 is 9.02. The molecule has 0 amide bonds. The van der Waals surface area contributed by atoms with E-state index in [1.165, 1.54) is 38.8 Å². The van der Waals surface area contributed by atoms with Gasteiger partial charge in [-0.2, -0.15) is 0 Å². The van der Waals surface area contributed by atoms with Gasteiger partial charge in [0.1, 0.15) is 0 Å². The van der Waals surface area contributed by atoms with Crippen LogP contribution in [0.4, 0.5) is 0 Å². The van der Waals surface area contributed by atoms with Crippen LogP contribution in [0.3, 0.4) is 0 Å². The van der Waals surface area contributed by atoms with Crippen LogP contribution < -0.4 is 5.32 Å². The van der Waals surface area contributed by atoms with E-state index in [1.54, 1.807) is 0 Å². The Bertz CT molecular complexity index is 350. The number of nitrogens with one attached hydrogen (secondary N) is 1. The third-order valence-electron chi connectivity index (χ3n) is 3.81. The summed E-state index contributed by atoms with van der Waals surface area (Å²) in [6, 6.07) is 2.78. The van der Waals surface area contributed by atoms with Crippen LogP contribution in [0.1, 0.15) is 43.5 Å². The first kappa shape index (κ1) is 14.0. The normalized spacial score (nSPS) is 27.1. The van der Waals surface area contributed by atoms with Crippen molar-refractivity contribution in [3.05, 3.63) is 19.2 Å². The van der Waals surface area contributed by atoms with Crippen LogP contribution in [-0.2, 0) is 0 Å². The molecule has 1 aliphatic carbocycles. The topological polar surface area (TPSA) is 12.0 Å². The van der Waals surface area contributed by atoms with Crippen molar-refractivity contribution < 1.29 is 0 Å². The average Bonchev–Trinajstić information content (AvgIpc) is 2.63. The van der Waals surface area contributed by atoms with Crippen molar-refractivity contribution in [3.8, 4) is 0 Å². The zero-order chi connectivity index (χ0) is 12.4. The second-order valence-corrected chi connectivity index (χ2v) is 8.31. The molecule has 2 rings (SSSR count). The Balaban J connectivity index is 2.10. The molecule has 0 saturated heterocycles. The molecule has 0 aliphatic heterocycles. The maximum Gasteiger partial charge on any atom is 0.0843 e. The quantitative estimate of drug-likeness (QED) is 0.744. The molecule has 17 heavy (non-hydrogen) atoms. The Morgan fingerprint density at radius 2 is 1.94 bits per heavy atom. The summed E-state index contributed by atoms with van der Waals surface area (Å²) in [4.78, 5) is 1.45. The second kappa shape index (κ2) is 6.18. The van der Waals surface area contributed by atoms with E-state index in [4.69, 9.17) is 0 Å². The molecule has 1 aromatic heterocycles. The number of hydrogen-bond acceptors (Lipinski definition) is 2. The summed E-state index contributed by atoms with van der Waals surface area (Å²) in [5, 5.41) is 3.51. The van der Waals surface area contributed by atoms with Crippen LogP contribution in [0.25, 0.3) is 0 Å². The molecular weight excluding hydrogens is 362 g/mol. The highest BCUT2D eigenvalue weighted by Gasteiger charge is 2.27. The first-order chi connectivity index (χ1) is 8.11. The molecule has 4 heteroatoms. The van der Waals surface area contributed by atoms with E-state index in [0.29, 0.717) is 6.04 Å². The Kier molecular flexibility index (Phi) is 5.10. The summed E-state index contributed by atoms with van der Waals surface area (Å²) < 4.78 is 2.39. The Labute approximate surface area is 125 Å². The molecule has 1 saturated carbocycles. The molecular formula is C13H19Br2NS. The number of halogens is 2. The monoisotopic (exact) mass is 379 g/mol. The largest absolute Gasteiger partial charge is 0.312 e. The molecule has 0 spiro atoms. The summed E-state index contributed by atoms with van der Waals surface area (Å²) in [6.45, 7) is 2.38. The molecule has 1 aliphatic rings. The van der Waals surface area contributed by atoms with Crippen LogP contribution in [0, 0.1) is 11.8 Å². The van der Waals surface area contributed by atoms with Gasteiger partial charge in [0.2, 0.25) is 0 Å². The zero-order valence-corrected chi connectivity index (χ0v) is 14.3. The van der Waals surface area contributed by atoms with Gasteiger partial charge in [0.15, 0.2) is 0 Å². The highest BCUT2D eigenvalue weighted by atomic mass is 79.9. The molecule has 1 heterocycles. The SMILES string of the molecule is CNC(c1cc(Br)c(Br)s1)C1CCC(C)CC1. The highest BCUT2D eigenvalue weighted by Crippen LogP contribution is 2.42. The van der Waals surface area contributed by atoms with E-state index in [9.17, 15) is 0 Å². The summed E-state index contributed by atoms with van der Waals surface area (Å²) in [5.41, 5.74) is 0. The Morgan fingerprint density at radius 3 is 2.41 bits per heavy atom. The molecule has 0 bridgehead atoms. The first-order valence-corrected chi connectivity index (χ1v) is 8.64. The molecule has 1 fully saturated rings. The number of thiophene rings is 1. The van der Waals surface area contributed by atoms with Crippen molar-refractivity contribution in [2.45, 2.75) is 38.6 Å². The number of hydrogen-bond donors (Lipinski definition) is 1. The minimum absolute atomic E-state index is 0.523. The minimum Gasteiger partial charge on any atom is -0.312 e. The Morgan fingerprint density at radius 1 is 1.29 bits per heavy atom. The van der Waals surface area contributed by atoms with Gasteiger partial charge in [0.25, 0.3) is 0 Å². The van der Waals surface area contributed by atoms with Crippen LogP contribution in [0.5, 0.6) is 0 Å². The maximum absolute atomic E-state index is 3.59. The molecule has 1 aromatic rings. The van der Waals surface area contributed by atoms with Gasteiger partial charge in [-0.25, -0.2) is 0 Å². The van der Waals surface area contributed by atoms with Crippen molar-refractivity contribution in [2.75, 3.05) is 7.05 Å². The van der Waals surface area contributed by atoms with Gasteiger partial charge in [-0.15, -0.1) is 11.3 Å². The average molecular weight is 381 g/mol. The number of rotatable bonds is 3. The maximum atomic E-state index is 3.59. The van der Waals surface area contributed by atoms with Crippen molar-refractivity contribution in [1.82, 2.24) is 5.32 Å². The van der Waals surface area contributed by atoms with Crippen molar-refractivity contribution in [1.29, 1.82) is 0 Å². The molecule has 0 aromatic carbocycles. The van der Waals surface area contributed by atoms with E-state index < -0.39 is 0 Å². The van der Waals surface area contributed by atoms with E-state index in [-0.39, 0.29) is 0 Å². The highest BCUT2D eigenvalue weighted by molar-refractivity contribution is 9.13. The molecule has 1 atom stereocenters. The summed E-state index contributed by atoms with van der Waals surface area (Å²) in [6.07, 6.45) is 5.49. The van der Waals surface area contributed by atoms with E-state index >= 15 is 0 Å². The van der Waals surface area contributed by atoms with Gasteiger partial charge >= 0.3 is 0 Å². The Hall–Kier alpha value is 0.620. The smallest absolute Gasteiger partial charge is 0.0843 e. The lowest BCUT2D eigenvalue weighted by molar-refractivity contribution is 0.240. The van der Waals surface area contributed by atoms with Crippen LogP contribution in [-0.4, -0.2) is 7.05 Å². The van der Waals surface area contributed by atoms with Crippen molar-refractivity contribution in [2.24, 2.45) is 11.8 Å². The predicted molar refractivity (Wildman–Crippen MR) is 82.6 cm³/mol. The van der Waals surface area contributed by atoms with Crippen LogP contribution in [0.15, 0.2) is 14.3 Å². The van der Waals surface area contributed by atoms with Gasteiger partial charge < -0.3 is 5.32 Å². The minimum atomic E-state index is 0.523. The van der Waals surface area contributed by atoms with Gasteiger partial charge in [0.05, 0.1) is 3.79 Å². The van der Waals surface area contributed by atoms with E-state index in [0.717, 1.165) is 11.8 Å². The lowest BCUT2D eigenvalue weighted by atomic mass is 9.79. The molecule has 1 unspecified atom stereocenters. The third kappa shape index (κ3) is 3.34. The molecule has 1 N–H and O–H groups in total. The molecule has 0 radical (unpaired) electrons. The lowest BCUT2D eigenvalue weighted by Gasteiger charge is -2.32. The van der Waals surface area contributed by atoms with Crippen molar-refractivity contribution in [3.63, 3.8) is 0 Å². The first-order valence-electron chi connectivity index (χ1n) is 6.23. The lowest BCUT2D eigenvalue weighted by Crippen LogP contribution is -2.27. The fraction of sp³-hybridized carbons (Fsp3) is 0.692. The van der Waals surface area contributed by atoms with Gasteiger partial charge in [0, 0.05) is 15.4 Å². The standard InChI is InChI=1S/C13H19Br2NS/c1-8-3-5-9(6-4-8)12(16-2)11-7-10(14)13(15)17-11/h7-9,12,16H,3-6H2,1-2H3. The fourth-order valence-corrected chi connectivity index (χ4v) is 5.04. The summed E-state index contributed by atoms with van der Waals surface area (Å²) in [5.74, 6) is 1.72. The second-order valence-electron chi connectivity index (χ2n) is 5.06.